The van der Waals surface area contributed by atoms with Crippen molar-refractivity contribution in [1.29, 1.82) is 0 Å². The number of amides is 11. The van der Waals surface area contributed by atoms with Crippen molar-refractivity contribution < 1.29 is 82.8 Å². The van der Waals surface area contributed by atoms with Gasteiger partial charge in [-0.15, -0.1) is 0 Å². The highest BCUT2D eigenvalue weighted by molar-refractivity contribution is 6.30. The Morgan fingerprint density at radius 1 is 0.606 bits per heavy atom. The molecule has 536 valence electrons. The van der Waals surface area contributed by atoms with Crippen molar-refractivity contribution in [3.63, 3.8) is 0 Å². The molecule has 0 unspecified atom stereocenters. The summed E-state index contributed by atoms with van der Waals surface area (Å²) >= 11 is 6.10. The Morgan fingerprint density at radius 3 is 1.65 bits per heavy atom. The minimum atomic E-state index is -1.88. The van der Waals surface area contributed by atoms with Crippen molar-refractivity contribution in [1.82, 2.24) is 58.1 Å². The molecule has 1 saturated heterocycles. The van der Waals surface area contributed by atoms with Gasteiger partial charge in [-0.25, -0.2) is 0 Å². The van der Waals surface area contributed by atoms with Gasteiger partial charge >= 0.3 is 11.9 Å². The fraction of sp³-hybridized carbons (Fsp3) is 0.455. The van der Waals surface area contributed by atoms with Crippen molar-refractivity contribution in [3.05, 3.63) is 113 Å². The number of nitrogens with one attached hydrogen (secondary N) is 10. The minimum absolute atomic E-state index is 0.0183. The summed E-state index contributed by atoms with van der Waals surface area (Å²) in [6, 6.07) is 9.19. The van der Waals surface area contributed by atoms with E-state index < -0.39 is 163 Å². The molecule has 4 aromatic rings. The number of aliphatic hydroxyl groups is 1. The molecular weight excluding hydrogens is 1310 g/mol. The van der Waals surface area contributed by atoms with Crippen molar-refractivity contribution in [3.8, 4) is 5.75 Å². The maximum Gasteiger partial charge on any atom is 0.325 e. The first-order chi connectivity index (χ1) is 46.9. The van der Waals surface area contributed by atoms with E-state index in [1.807, 2.05) is 18.2 Å². The molecule has 1 aliphatic rings. The number of carboxylic acids is 2. The summed E-state index contributed by atoms with van der Waals surface area (Å²) in [6.07, 6.45) is -1.30. The van der Waals surface area contributed by atoms with Crippen LogP contribution in [0.15, 0.2) is 96.0 Å². The summed E-state index contributed by atoms with van der Waals surface area (Å²) in [5.41, 5.74) is 18.4. The molecule has 33 heteroatoms. The lowest BCUT2D eigenvalue weighted by molar-refractivity contribution is -0.144. The standard InChI is InChI=1S/C66H88ClN15O17/c1-35(2)27-46(56(89)75-45(11-7-24-72-66(69)70)64(97)82-26-8-12-53(82)63(96)73-36(3)65(98)99)76-58(91)49(31-40-13-18-41-9-5-6-10-42(41)28-40)78-57(90)47(30-39-16-21-44(85)22-17-39)79-62(95)52(34-83)81-61(94)51(33-68)80-59(92)48(29-38-14-19-43(67)20-15-38)77-60(93)50(74-37(4)84)32-54(86)71-25-23-55(87)88/h5-6,9-10,13-22,28,35-36,45-53,83,85H,7-8,11-12,23-27,29-34,68H2,1-4H3,(H,71,86)(H,73,96)(H,74,84)(H,75,89)(H,76,91)(H,77,93)(H,78,90)(H,79,95)(H,80,92)(H,81,94)(H,87,88)(H,98,99)(H4,69,70,72)/t36-,45+,46+,47+,48-,49-,50-,51-,52+,53+/m1/s1. The number of carboxylic acid groups (broad SMARTS) is 2. The zero-order valence-corrected chi connectivity index (χ0v) is 56.0. The van der Waals surface area contributed by atoms with Crippen molar-refractivity contribution in [2.75, 3.05) is 32.8 Å². The molecule has 1 aliphatic heterocycles. The number of likely N-dealkylation sites (tertiary alicyclic amines) is 1. The Morgan fingerprint density at radius 2 is 1.10 bits per heavy atom. The number of nitrogens with zero attached hydrogens (tertiary/aromatic N) is 2. The number of fused-ring (bicyclic) bond motifs is 1. The van der Waals surface area contributed by atoms with E-state index in [0.717, 1.165) is 17.7 Å². The van der Waals surface area contributed by atoms with Crippen LogP contribution in [0.5, 0.6) is 5.75 Å². The minimum Gasteiger partial charge on any atom is -0.508 e. The van der Waals surface area contributed by atoms with E-state index in [9.17, 15) is 72.9 Å². The predicted molar refractivity (Wildman–Crippen MR) is 361 cm³/mol. The van der Waals surface area contributed by atoms with Crippen LogP contribution >= 0.6 is 11.6 Å². The van der Waals surface area contributed by atoms with Crippen LogP contribution in [-0.2, 0) is 81.6 Å². The number of halogens is 1. The monoisotopic (exact) mass is 1400 g/mol. The topological polar surface area (TPSA) is 517 Å². The zero-order chi connectivity index (χ0) is 73.0. The molecule has 99 heavy (non-hydrogen) atoms. The summed E-state index contributed by atoms with van der Waals surface area (Å²) in [5.74, 6) is -13.2. The van der Waals surface area contributed by atoms with E-state index in [0.29, 0.717) is 28.1 Å². The van der Waals surface area contributed by atoms with Gasteiger partial charge in [0.2, 0.25) is 65.0 Å². The van der Waals surface area contributed by atoms with E-state index in [1.54, 1.807) is 38.1 Å². The predicted octanol–water partition coefficient (Wildman–Crippen LogP) is -2.26. The molecule has 0 aliphatic carbocycles. The van der Waals surface area contributed by atoms with Gasteiger partial charge < -0.3 is 95.7 Å². The average Bonchev–Trinajstić information content (AvgIpc) is 1.69. The zero-order valence-electron chi connectivity index (χ0n) is 55.2. The second-order valence-corrected chi connectivity index (χ2v) is 24.7. The first kappa shape index (κ1) is 79.2. The first-order valence-electron chi connectivity index (χ1n) is 32.0. The molecule has 0 bridgehead atoms. The third-order valence-corrected chi connectivity index (χ3v) is 16.0. The second kappa shape index (κ2) is 39.1. The molecule has 0 aromatic heterocycles. The van der Waals surface area contributed by atoms with Crippen LogP contribution in [0.2, 0.25) is 5.02 Å². The molecular formula is C66H88ClN15O17. The Balaban J connectivity index is 1.43. The highest BCUT2D eigenvalue weighted by atomic mass is 35.5. The van der Waals surface area contributed by atoms with Crippen LogP contribution in [0.3, 0.4) is 0 Å². The molecule has 0 spiro atoms. The van der Waals surface area contributed by atoms with Crippen LogP contribution < -0.4 is 70.4 Å². The van der Waals surface area contributed by atoms with E-state index in [2.05, 4.69) is 58.2 Å². The third kappa shape index (κ3) is 26.1. The van der Waals surface area contributed by atoms with Gasteiger partial charge in [0.25, 0.3) is 0 Å². The quantitative estimate of drug-likeness (QED) is 0.0128. The van der Waals surface area contributed by atoms with Gasteiger partial charge in [0.05, 0.1) is 19.4 Å². The van der Waals surface area contributed by atoms with Crippen LogP contribution in [0.25, 0.3) is 10.8 Å². The molecule has 5 rings (SSSR count). The van der Waals surface area contributed by atoms with Crippen molar-refractivity contribution >= 4 is 105 Å². The lowest BCUT2D eigenvalue weighted by Crippen LogP contribution is -2.62. The molecule has 11 amide bonds. The SMILES string of the molecule is CC(=O)N[C@H](CC(=O)NCCC(=O)O)C(=O)N[C@H](Cc1ccc(Cl)cc1)C(=O)N[C@H](CN)C(=O)N[C@@H](CO)C(=O)N[C@@H](Cc1ccc(O)cc1)C(=O)N[C@H](Cc1ccc2ccccc2c1)C(=O)N[C@@H](CC(C)C)C(=O)N[C@@H](CCCN=C(N)N)C(=O)N1CCC[C@H]1C(=O)N[C@H](C)C(=O)O. The summed E-state index contributed by atoms with van der Waals surface area (Å²) in [6.45, 7) is 3.95. The number of benzene rings is 4. The number of aliphatic carboxylic acids is 2. The second-order valence-electron chi connectivity index (χ2n) is 24.2. The fourth-order valence-corrected chi connectivity index (χ4v) is 10.8. The highest BCUT2D eigenvalue weighted by Gasteiger charge is 2.40. The molecule has 32 nitrogen and oxygen atoms in total. The number of carbonyl (C=O) groups excluding carboxylic acids is 11. The molecule has 1 heterocycles. The smallest absolute Gasteiger partial charge is 0.325 e. The summed E-state index contributed by atoms with van der Waals surface area (Å²) in [7, 11) is 0. The number of guanidine groups is 1. The van der Waals surface area contributed by atoms with Gasteiger partial charge in [-0.2, -0.15) is 0 Å². The number of carbonyl (C=O) groups is 13. The number of aliphatic hydroxyl groups excluding tert-OH is 1. The normalized spacial score (nSPS) is 15.3. The van der Waals surface area contributed by atoms with E-state index in [1.165, 1.54) is 60.4 Å². The number of aromatic hydroxyl groups is 1. The summed E-state index contributed by atoms with van der Waals surface area (Å²) in [5, 5.41) is 66.3. The summed E-state index contributed by atoms with van der Waals surface area (Å²) in [4.78, 5) is 182. The third-order valence-electron chi connectivity index (χ3n) is 15.8. The van der Waals surface area contributed by atoms with Crippen molar-refractivity contribution in [2.24, 2.45) is 28.1 Å². The largest absolute Gasteiger partial charge is 0.508 e. The fourth-order valence-electron chi connectivity index (χ4n) is 10.6. The number of nitrogens with two attached hydrogens (primary N) is 3. The van der Waals surface area contributed by atoms with Gasteiger partial charge in [-0.1, -0.05) is 92.2 Å². The van der Waals surface area contributed by atoms with Crippen molar-refractivity contribution in [2.45, 2.75) is 152 Å². The number of phenols is 1. The van der Waals surface area contributed by atoms with Gasteiger partial charge in [0.15, 0.2) is 5.96 Å². The Bertz CT molecular complexity index is 3560. The molecule has 10 atom stereocenters. The number of hydrogen-bond donors (Lipinski definition) is 17. The van der Waals surface area contributed by atoms with Crippen LogP contribution in [0.1, 0.15) is 89.3 Å². The average molecular weight is 1400 g/mol. The van der Waals surface area contributed by atoms with Gasteiger partial charge in [-0.05, 0) is 96.7 Å². The maximum absolute atomic E-state index is 15.0. The number of hydrogen-bond acceptors (Lipinski definition) is 17. The van der Waals surface area contributed by atoms with E-state index in [-0.39, 0.29) is 82.2 Å². The molecule has 1 fully saturated rings. The number of rotatable bonds is 38. The molecule has 4 aromatic carbocycles. The summed E-state index contributed by atoms with van der Waals surface area (Å²) < 4.78 is 0. The molecule has 20 N–H and O–H groups in total. The molecule has 0 saturated carbocycles. The lowest BCUT2D eigenvalue weighted by atomic mass is 9.98. The maximum atomic E-state index is 15.0. The van der Waals surface area contributed by atoms with E-state index in [4.69, 9.17) is 33.9 Å². The lowest BCUT2D eigenvalue weighted by Gasteiger charge is -2.31. The highest BCUT2D eigenvalue weighted by Crippen LogP contribution is 2.22. The van der Waals surface area contributed by atoms with Gasteiger partial charge in [0, 0.05) is 57.4 Å². The van der Waals surface area contributed by atoms with Gasteiger partial charge in [0.1, 0.15) is 66.2 Å². The Labute approximate surface area is 575 Å². The van der Waals surface area contributed by atoms with Crippen LogP contribution in [0, 0.1) is 5.92 Å². The van der Waals surface area contributed by atoms with Crippen LogP contribution in [-0.4, -0.2) is 201 Å². The Hall–Kier alpha value is -10.5. The Kier molecular flexibility index (Phi) is 31.3. The molecule has 0 radical (unpaired) electrons. The number of aliphatic imine (C=N–C) groups is 1. The number of phenolic OH excluding ortho intramolecular Hbond substituents is 1. The van der Waals surface area contributed by atoms with Crippen LogP contribution in [0.4, 0.5) is 0 Å². The van der Waals surface area contributed by atoms with E-state index >= 15 is 4.79 Å². The van der Waals surface area contributed by atoms with Gasteiger partial charge in [-0.3, -0.25) is 67.3 Å². The first-order valence-corrected chi connectivity index (χ1v) is 32.4.